The molecule has 0 spiro atoms. The van der Waals surface area contributed by atoms with Crippen molar-refractivity contribution in [3.8, 4) is 0 Å². The number of carboxylic acids is 1. The molecule has 1 heterocycles. The highest BCUT2D eigenvalue weighted by Crippen LogP contribution is 2.11. The molecule has 3 amide bonds. The largest absolute Gasteiger partial charge is 0.480 e. The van der Waals surface area contributed by atoms with Crippen LogP contribution in [-0.2, 0) is 32.0 Å². The highest BCUT2D eigenvalue weighted by molar-refractivity contribution is 5.99. The van der Waals surface area contributed by atoms with Crippen LogP contribution in [0.25, 0.3) is 0 Å². The Labute approximate surface area is 180 Å². The average molecular weight is 423 g/mol. The normalized spacial score (nSPS) is 19.1. The molecule has 31 heavy (non-hydrogen) atoms. The van der Waals surface area contributed by atoms with Crippen molar-refractivity contribution in [1.82, 2.24) is 16.0 Å². The minimum Gasteiger partial charge on any atom is -0.480 e. The van der Waals surface area contributed by atoms with Crippen molar-refractivity contribution in [3.05, 3.63) is 71.3 Å². The summed E-state index contributed by atoms with van der Waals surface area (Å²) in [6, 6.07) is 13.7. The maximum absolute atomic E-state index is 12.4. The van der Waals surface area contributed by atoms with Gasteiger partial charge in [0.2, 0.25) is 17.7 Å². The predicted molar refractivity (Wildman–Crippen MR) is 113 cm³/mol. The maximum atomic E-state index is 12.4. The molecule has 1 fully saturated rings. The van der Waals surface area contributed by atoms with E-state index in [1.165, 1.54) is 0 Å². The SMILES string of the molecule is Cc1ccccc1C[C@H](NC(=O)C[C@@H]1NC(=O)[C@H](Cc2ccccc2)NC1=O)C(=O)O. The summed E-state index contributed by atoms with van der Waals surface area (Å²) in [6.45, 7) is 1.86. The Kier molecular flexibility index (Phi) is 7.02. The van der Waals surface area contributed by atoms with Gasteiger partial charge in [0.1, 0.15) is 18.1 Å². The van der Waals surface area contributed by atoms with E-state index in [1.54, 1.807) is 12.1 Å². The van der Waals surface area contributed by atoms with E-state index in [0.717, 1.165) is 16.7 Å². The number of aliphatic carboxylic acids is 1. The third kappa shape index (κ3) is 5.91. The zero-order chi connectivity index (χ0) is 22.4. The fourth-order valence-corrected chi connectivity index (χ4v) is 3.51. The summed E-state index contributed by atoms with van der Waals surface area (Å²) < 4.78 is 0. The molecule has 0 radical (unpaired) electrons. The first-order valence-electron chi connectivity index (χ1n) is 10.0. The Hall–Kier alpha value is -3.68. The van der Waals surface area contributed by atoms with Crippen LogP contribution in [0.3, 0.4) is 0 Å². The lowest BCUT2D eigenvalue weighted by atomic mass is 9.99. The molecule has 1 saturated heterocycles. The molecular weight excluding hydrogens is 398 g/mol. The number of benzene rings is 2. The van der Waals surface area contributed by atoms with Crippen molar-refractivity contribution in [2.24, 2.45) is 0 Å². The average Bonchev–Trinajstić information content (AvgIpc) is 2.73. The molecule has 0 aromatic heterocycles. The van der Waals surface area contributed by atoms with E-state index in [9.17, 15) is 24.3 Å². The lowest BCUT2D eigenvalue weighted by Crippen LogP contribution is -2.63. The smallest absolute Gasteiger partial charge is 0.326 e. The van der Waals surface area contributed by atoms with Crippen LogP contribution in [0.5, 0.6) is 0 Å². The fraction of sp³-hybridized carbons (Fsp3) is 0.304. The number of piperazine rings is 1. The number of nitrogens with one attached hydrogen (secondary N) is 3. The Morgan fingerprint density at radius 3 is 2.26 bits per heavy atom. The third-order valence-corrected chi connectivity index (χ3v) is 5.26. The molecule has 162 valence electrons. The van der Waals surface area contributed by atoms with Gasteiger partial charge >= 0.3 is 5.97 Å². The quantitative estimate of drug-likeness (QED) is 0.498. The first-order valence-corrected chi connectivity index (χ1v) is 10.0. The van der Waals surface area contributed by atoms with Crippen LogP contribution >= 0.6 is 0 Å². The van der Waals surface area contributed by atoms with Crippen molar-refractivity contribution in [2.45, 2.75) is 44.3 Å². The van der Waals surface area contributed by atoms with Gasteiger partial charge in [0, 0.05) is 12.8 Å². The zero-order valence-corrected chi connectivity index (χ0v) is 17.1. The monoisotopic (exact) mass is 423 g/mol. The number of carbonyl (C=O) groups is 4. The highest BCUT2D eigenvalue weighted by atomic mass is 16.4. The molecule has 8 heteroatoms. The van der Waals surface area contributed by atoms with Crippen molar-refractivity contribution < 1.29 is 24.3 Å². The van der Waals surface area contributed by atoms with Gasteiger partial charge in [0.05, 0.1) is 6.42 Å². The maximum Gasteiger partial charge on any atom is 0.326 e. The number of amides is 3. The van der Waals surface area contributed by atoms with Gasteiger partial charge in [-0.25, -0.2) is 4.79 Å². The lowest BCUT2D eigenvalue weighted by Gasteiger charge is -2.29. The molecule has 2 aromatic rings. The van der Waals surface area contributed by atoms with Gasteiger partial charge in [0.15, 0.2) is 0 Å². The van der Waals surface area contributed by atoms with E-state index >= 15 is 0 Å². The predicted octanol–water partition coefficient (Wildman–Crippen LogP) is 0.723. The highest BCUT2D eigenvalue weighted by Gasteiger charge is 2.35. The van der Waals surface area contributed by atoms with Crippen LogP contribution in [0.15, 0.2) is 54.6 Å². The molecule has 0 aliphatic carbocycles. The standard InChI is InChI=1S/C23H25N3O5/c1-14-7-5-6-10-16(14)12-19(23(30)31)24-20(27)13-18-22(29)25-17(21(28)26-18)11-15-8-3-2-4-9-15/h2-10,17-19H,11-13H2,1H3,(H,24,27)(H,25,29)(H,26,28)(H,30,31)/t17-,18-,19-/m0/s1. The number of hydrogen-bond acceptors (Lipinski definition) is 4. The van der Waals surface area contributed by atoms with Gasteiger partial charge in [-0.05, 0) is 23.6 Å². The van der Waals surface area contributed by atoms with Gasteiger partial charge in [0.25, 0.3) is 0 Å². The summed E-state index contributed by atoms with van der Waals surface area (Å²) in [6.07, 6.45) is 0.123. The topological polar surface area (TPSA) is 125 Å². The molecule has 4 N–H and O–H groups in total. The van der Waals surface area contributed by atoms with E-state index in [0.29, 0.717) is 6.42 Å². The fourth-order valence-electron chi connectivity index (χ4n) is 3.51. The molecule has 3 rings (SSSR count). The van der Waals surface area contributed by atoms with Crippen molar-refractivity contribution in [3.63, 3.8) is 0 Å². The summed E-state index contributed by atoms with van der Waals surface area (Å²) in [4.78, 5) is 48.8. The lowest BCUT2D eigenvalue weighted by molar-refractivity contribution is -0.142. The number of hydrogen-bond donors (Lipinski definition) is 4. The van der Waals surface area contributed by atoms with Crippen LogP contribution in [0.2, 0.25) is 0 Å². The first-order chi connectivity index (χ1) is 14.8. The molecular formula is C23H25N3O5. The van der Waals surface area contributed by atoms with E-state index < -0.39 is 35.9 Å². The molecule has 8 nitrogen and oxygen atoms in total. The van der Waals surface area contributed by atoms with E-state index in [1.807, 2.05) is 49.4 Å². The van der Waals surface area contributed by atoms with Gasteiger partial charge < -0.3 is 21.1 Å². The van der Waals surface area contributed by atoms with Crippen LogP contribution in [0.4, 0.5) is 0 Å². The third-order valence-electron chi connectivity index (χ3n) is 5.26. The van der Waals surface area contributed by atoms with Crippen LogP contribution in [0, 0.1) is 6.92 Å². The number of aryl methyl sites for hydroxylation is 1. The number of carboxylic acid groups (broad SMARTS) is 1. The van der Waals surface area contributed by atoms with Crippen molar-refractivity contribution in [1.29, 1.82) is 0 Å². The summed E-state index contributed by atoms with van der Waals surface area (Å²) in [7, 11) is 0. The summed E-state index contributed by atoms with van der Waals surface area (Å²) in [5.74, 6) is -2.64. The zero-order valence-electron chi connectivity index (χ0n) is 17.1. The Bertz CT molecular complexity index is 976. The molecule has 0 bridgehead atoms. The van der Waals surface area contributed by atoms with Crippen molar-refractivity contribution in [2.75, 3.05) is 0 Å². The Morgan fingerprint density at radius 2 is 1.58 bits per heavy atom. The second-order valence-corrected chi connectivity index (χ2v) is 7.61. The molecule has 1 aliphatic heterocycles. The summed E-state index contributed by atoms with van der Waals surface area (Å²) >= 11 is 0. The van der Waals surface area contributed by atoms with Gasteiger partial charge in [-0.2, -0.15) is 0 Å². The van der Waals surface area contributed by atoms with E-state index in [4.69, 9.17) is 0 Å². The van der Waals surface area contributed by atoms with E-state index in [-0.39, 0.29) is 18.7 Å². The molecule has 0 unspecified atom stereocenters. The number of carbonyl (C=O) groups excluding carboxylic acids is 3. The molecule has 0 saturated carbocycles. The minimum atomic E-state index is -1.17. The van der Waals surface area contributed by atoms with E-state index in [2.05, 4.69) is 16.0 Å². The van der Waals surface area contributed by atoms with Crippen LogP contribution in [0.1, 0.15) is 23.1 Å². The van der Waals surface area contributed by atoms with Gasteiger partial charge in [-0.15, -0.1) is 0 Å². The van der Waals surface area contributed by atoms with Crippen LogP contribution in [-0.4, -0.2) is 46.9 Å². The van der Waals surface area contributed by atoms with Crippen LogP contribution < -0.4 is 16.0 Å². The second kappa shape index (κ2) is 9.88. The first kappa shape index (κ1) is 22.0. The van der Waals surface area contributed by atoms with Gasteiger partial charge in [-0.1, -0.05) is 54.6 Å². The minimum absolute atomic E-state index is 0.121. The molecule has 3 atom stereocenters. The second-order valence-electron chi connectivity index (χ2n) is 7.61. The van der Waals surface area contributed by atoms with Crippen molar-refractivity contribution >= 4 is 23.7 Å². The Balaban J connectivity index is 1.57. The molecule has 2 aromatic carbocycles. The Morgan fingerprint density at radius 1 is 0.968 bits per heavy atom. The number of rotatable bonds is 8. The van der Waals surface area contributed by atoms with Gasteiger partial charge in [-0.3, -0.25) is 14.4 Å². The summed E-state index contributed by atoms with van der Waals surface area (Å²) in [5, 5.41) is 17.2. The molecule has 1 aliphatic rings. The summed E-state index contributed by atoms with van der Waals surface area (Å²) in [5.41, 5.74) is 2.63.